The summed E-state index contributed by atoms with van der Waals surface area (Å²) in [5, 5.41) is 45.4. The van der Waals surface area contributed by atoms with Crippen LogP contribution in [0.15, 0.2) is 334 Å². The maximum absolute atomic E-state index is 11.1. The molecule has 10 heterocycles. The second kappa shape index (κ2) is 26.8. The topological polar surface area (TPSA) is 127 Å². The molecule has 0 saturated heterocycles. The van der Waals surface area contributed by atoms with E-state index >= 15 is 0 Å². The van der Waals surface area contributed by atoms with E-state index in [9.17, 15) is 15.4 Å². The molecule has 0 saturated carbocycles. The number of nitro benzene ring substituents is 1. The number of hydrogen-bond donors (Lipinski definition) is 1. The monoisotopic (exact) mass is 1560 g/mol. The standard InChI is InChI=1S/C31H22N2.C20H12N2.C20H15NO.C19H12N2O2.C19H14N2/c1-21-18-27-25-14-8-9-15-29(25)33-30-17-16-24(20-26(30)28(19-21)31(27)33)32(22-10-4-2-5-11-22)23-12-6-3-7-13-23;1-12-8-16-14-4-2-3-5-18(14)22-19-7-6-13(11-21)10-15(19)17(9-12)20(16)22;1-12-9-16-14-5-3-4-6-18(14)21-19-8-7-13(22-2)11-15(19)17(10-12)20(16)21;1-11-8-15-13-4-2-3-5-17(13)20-18-7-6-12(21(22)23)10-14(18)16(9-11)19(15)20;1-11-8-15-13-4-2-3-5-17(13)21-18-7-6-12(20)10-14(18)16(9-11)19(15)21/h2-20H,1H3;2-10H,1H3;3-11H,1-2H3;2-10H,1H3;2-10H,20H2,1H3. The van der Waals surface area contributed by atoms with Crippen LogP contribution in [0.25, 0.3) is 190 Å². The highest BCUT2D eigenvalue weighted by Gasteiger charge is 2.26. The number of fused-ring (bicyclic) bond motifs is 30. The third kappa shape index (κ3) is 10.6. The number of aryl methyl sites for hydroxylation is 5. The van der Waals surface area contributed by atoms with Crippen molar-refractivity contribution in [2.45, 2.75) is 34.6 Å². The van der Waals surface area contributed by atoms with Gasteiger partial charge in [-0.05, 0) is 257 Å². The summed E-state index contributed by atoms with van der Waals surface area (Å²) in [4.78, 5) is 13.1. The van der Waals surface area contributed by atoms with Crippen LogP contribution in [0.5, 0.6) is 5.75 Å². The van der Waals surface area contributed by atoms with Crippen molar-refractivity contribution < 1.29 is 9.66 Å². The molecule has 0 aliphatic carbocycles. The molecule has 0 atom stereocenters. The van der Waals surface area contributed by atoms with E-state index in [0.29, 0.717) is 5.56 Å². The predicted molar refractivity (Wildman–Crippen MR) is 506 cm³/mol. The summed E-state index contributed by atoms with van der Waals surface area (Å²) >= 11 is 0. The zero-order valence-corrected chi connectivity index (χ0v) is 67.1. The van der Waals surface area contributed by atoms with Gasteiger partial charge >= 0.3 is 0 Å². The van der Waals surface area contributed by atoms with Gasteiger partial charge in [-0.25, -0.2) is 0 Å². The van der Waals surface area contributed by atoms with Crippen molar-refractivity contribution in [1.29, 1.82) is 5.26 Å². The zero-order valence-electron chi connectivity index (χ0n) is 67.1. The summed E-state index contributed by atoms with van der Waals surface area (Å²) < 4.78 is 17.2. The molecule has 0 bridgehead atoms. The van der Waals surface area contributed by atoms with E-state index < -0.39 is 0 Å². The molecule has 0 spiro atoms. The van der Waals surface area contributed by atoms with Crippen molar-refractivity contribution in [2.24, 2.45) is 0 Å². The van der Waals surface area contributed by atoms with E-state index in [1.54, 1.807) is 19.2 Å². The van der Waals surface area contributed by atoms with Crippen molar-refractivity contribution in [1.82, 2.24) is 22.0 Å². The fourth-order valence-corrected chi connectivity index (χ4v) is 20.2. The molecule has 12 heteroatoms. The number of non-ortho nitro benzene ring substituents is 1. The van der Waals surface area contributed by atoms with Crippen LogP contribution in [0, 0.1) is 56.1 Å². The summed E-state index contributed by atoms with van der Waals surface area (Å²) in [6, 6.07) is 119. The Morgan fingerprint density at radius 1 is 0.289 bits per heavy atom. The van der Waals surface area contributed by atoms with Gasteiger partial charge in [-0.3, -0.25) is 10.1 Å². The Morgan fingerprint density at radius 3 is 0.926 bits per heavy atom. The average molecular weight is 1560 g/mol. The van der Waals surface area contributed by atoms with Gasteiger partial charge in [-0.2, -0.15) is 5.26 Å². The van der Waals surface area contributed by atoms with Gasteiger partial charge in [0.2, 0.25) is 0 Å². The highest BCUT2D eigenvalue weighted by Crippen LogP contribution is 2.48. The maximum atomic E-state index is 11.1. The van der Waals surface area contributed by atoms with Crippen molar-refractivity contribution in [3.05, 3.63) is 377 Å². The molecule has 27 aromatic rings. The van der Waals surface area contributed by atoms with Gasteiger partial charge in [0, 0.05) is 143 Å². The van der Waals surface area contributed by atoms with Crippen LogP contribution in [0.2, 0.25) is 0 Å². The molecule has 17 aromatic carbocycles. The number of nitrogen functional groups attached to an aromatic ring is 1. The Kier molecular flexibility index (Phi) is 15.6. The number of nitro groups is 1. The lowest BCUT2D eigenvalue weighted by atomic mass is 10.0. The number of rotatable bonds is 5. The molecule has 0 amide bonds. The number of aromatic nitrogens is 5. The Hall–Kier alpha value is -16.0. The summed E-state index contributed by atoms with van der Waals surface area (Å²) in [7, 11) is 1.72. The quantitative estimate of drug-likeness (QED) is 0.104. The number of methoxy groups -OCH3 is 1. The first kappa shape index (κ1) is 70.4. The van der Waals surface area contributed by atoms with Crippen LogP contribution in [-0.4, -0.2) is 34.0 Å². The third-order valence-corrected chi connectivity index (χ3v) is 25.0. The maximum Gasteiger partial charge on any atom is 0.270 e. The van der Waals surface area contributed by atoms with Crippen LogP contribution < -0.4 is 15.4 Å². The van der Waals surface area contributed by atoms with Gasteiger partial charge in [0.05, 0.1) is 106 Å². The highest BCUT2D eigenvalue weighted by atomic mass is 16.6. The van der Waals surface area contributed by atoms with Gasteiger partial charge in [0.25, 0.3) is 5.69 Å². The number of nitriles is 1. The zero-order chi connectivity index (χ0) is 81.5. The van der Waals surface area contributed by atoms with Crippen LogP contribution >= 0.6 is 0 Å². The average Bonchev–Trinajstić information content (AvgIpc) is 1.57. The fraction of sp³-hybridized carbons (Fsp3) is 0.0550. The number of anilines is 4. The van der Waals surface area contributed by atoms with Crippen molar-refractivity contribution in [3.63, 3.8) is 0 Å². The SMILES string of the molecule is COc1ccc2c(c1)c1cc(C)cc3c4ccccc4n2c31.Cc1cc2c3ccccc3n3c4ccc(C#N)cc4c(c1)c23.Cc1cc2c3ccccc3n3c4ccc(N(c5ccccc5)c5ccccc5)cc4c(c1)c23.Cc1cc2c3ccccc3n3c4ccc(N)cc4c(c1)c23.Cc1cc2c3ccccc3n3c4ccc([N+](=O)[O-])cc4c(c1)c23. The molecule has 574 valence electrons. The summed E-state index contributed by atoms with van der Waals surface area (Å²) in [6.07, 6.45) is 0. The van der Waals surface area contributed by atoms with Crippen molar-refractivity contribution in [3.8, 4) is 11.8 Å². The minimum absolute atomic E-state index is 0.133. The van der Waals surface area contributed by atoms with E-state index in [-0.39, 0.29) is 10.6 Å². The van der Waals surface area contributed by atoms with E-state index in [2.05, 4.69) is 347 Å². The first-order valence-corrected chi connectivity index (χ1v) is 40.9. The smallest absolute Gasteiger partial charge is 0.270 e. The second-order valence-corrected chi connectivity index (χ2v) is 32.5. The van der Waals surface area contributed by atoms with E-state index in [0.717, 1.165) is 66.8 Å². The molecule has 121 heavy (non-hydrogen) atoms. The number of ether oxygens (including phenoxy) is 1. The van der Waals surface area contributed by atoms with Crippen LogP contribution in [-0.2, 0) is 0 Å². The molecule has 10 aromatic heterocycles. The lowest BCUT2D eigenvalue weighted by molar-refractivity contribution is -0.384. The summed E-state index contributed by atoms with van der Waals surface area (Å²) in [6.45, 7) is 10.7. The third-order valence-electron chi connectivity index (χ3n) is 25.0. The van der Waals surface area contributed by atoms with Crippen molar-refractivity contribution in [2.75, 3.05) is 17.7 Å². The Morgan fingerprint density at radius 2 is 0.570 bits per heavy atom. The van der Waals surface area contributed by atoms with Gasteiger partial charge in [0.1, 0.15) is 5.75 Å². The predicted octanol–water partition coefficient (Wildman–Crippen LogP) is 28.6. The van der Waals surface area contributed by atoms with E-state index in [4.69, 9.17) is 10.5 Å². The minimum Gasteiger partial charge on any atom is -0.497 e. The first-order valence-electron chi connectivity index (χ1n) is 40.9. The molecular weight excluding hydrogens is 1480 g/mol. The van der Waals surface area contributed by atoms with Gasteiger partial charge in [0.15, 0.2) is 0 Å². The first-order chi connectivity index (χ1) is 59.2. The molecule has 0 unspecified atom stereocenters. The molecule has 0 fully saturated rings. The largest absolute Gasteiger partial charge is 0.497 e. The van der Waals surface area contributed by atoms with Crippen molar-refractivity contribution >= 4 is 219 Å². The van der Waals surface area contributed by atoms with E-state index in [1.165, 1.54) is 180 Å². The fourth-order valence-electron chi connectivity index (χ4n) is 20.2. The molecule has 0 radical (unpaired) electrons. The van der Waals surface area contributed by atoms with Crippen LogP contribution in [0.3, 0.4) is 0 Å². The minimum atomic E-state index is -0.334. The lowest BCUT2D eigenvalue weighted by Crippen LogP contribution is -2.09. The number of benzene rings is 17. The van der Waals surface area contributed by atoms with Crippen LogP contribution in [0.1, 0.15) is 33.4 Å². The lowest BCUT2D eigenvalue weighted by Gasteiger charge is -2.25. The van der Waals surface area contributed by atoms with Gasteiger partial charge in [-0.15, -0.1) is 0 Å². The number of nitrogens with zero attached hydrogens (tertiary/aromatic N) is 8. The molecule has 27 rings (SSSR count). The normalized spacial score (nSPS) is 12.0. The Bertz CT molecular complexity index is 8930. The summed E-state index contributed by atoms with van der Waals surface area (Å²) in [5.74, 6) is 0.906. The Balaban J connectivity index is 0.0000000890. The highest BCUT2D eigenvalue weighted by molar-refractivity contribution is 6.29. The number of hydrogen-bond acceptors (Lipinski definition) is 6. The van der Waals surface area contributed by atoms with Gasteiger partial charge < -0.3 is 37.4 Å². The van der Waals surface area contributed by atoms with E-state index in [1.807, 2.05) is 42.5 Å². The molecule has 0 aliphatic heterocycles. The Labute approximate surface area is 692 Å². The van der Waals surface area contributed by atoms with Gasteiger partial charge in [-0.1, -0.05) is 127 Å². The molecule has 2 N–H and O–H groups in total. The number of nitrogens with two attached hydrogens (primary N) is 1. The summed E-state index contributed by atoms with van der Waals surface area (Å²) in [5.41, 5.74) is 35.9. The van der Waals surface area contributed by atoms with Crippen LogP contribution in [0.4, 0.5) is 28.4 Å². The molecule has 0 aliphatic rings. The number of para-hydroxylation sites is 7. The second-order valence-electron chi connectivity index (χ2n) is 32.5. The molecular formula is C109H75N9O3. The molecule has 12 nitrogen and oxygen atoms in total.